The first-order valence-electron chi connectivity index (χ1n) is 4.91. The zero-order valence-corrected chi connectivity index (χ0v) is 10.4. The van der Waals surface area contributed by atoms with Gasteiger partial charge < -0.3 is 10.5 Å². The van der Waals surface area contributed by atoms with E-state index in [0.717, 1.165) is 5.56 Å². The van der Waals surface area contributed by atoms with Crippen LogP contribution in [0.2, 0.25) is 10.0 Å². The van der Waals surface area contributed by atoms with Gasteiger partial charge in [0.15, 0.2) is 0 Å². The fourth-order valence-electron chi connectivity index (χ4n) is 1.34. The first kappa shape index (κ1) is 13.3. The average molecular weight is 262 g/mol. The molecular formula is C11H13Cl2NO2. The summed E-state index contributed by atoms with van der Waals surface area (Å²) in [5, 5.41) is 0.854. The van der Waals surface area contributed by atoms with E-state index in [4.69, 9.17) is 33.7 Å². The molecule has 0 fully saturated rings. The minimum absolute atomic E-state index is 0.177. The third-order valence-electron chi connectivity index (χ3n) is 2.15. The van der Waals surface area contributed by atoms with Gasteiger partial charge in [-0.1, -0.05) is 29.3 Å². The number of halogens is 2. The van der Waals surface area contributed by atoms with E-state index in [9.17, 15) is 4.79 Å². The quantitative estimate of drug-likeness (QED) is 0.848. The van der Waals surface area contributed by atoms with Crippen molar-refractivity contribution in [3.63, 3.8) is 0 Å². The molecule has 0 unspecified atom stereocenters. The predicted octanol–water partition coefficient (Wildman–Crippen LogP) is 2.60. The summed E-state index contributed by atoms with van der Waals surface area (Å²) in [5.74, 6) is -0.835. The van der Waals surface area contributed by atoms with Crippen LogP contribution in [0.4, 0.5) is 0 Å². The van der Waals surface area contributed by atoms with Crippen LogP contribution in [0.3, 0.4) is 0 Å². The molecule has 1 atom stereocenters. The molecule has 0 bridgehead atoms. The summed E-state index contributed by atoms with van der Waals surface area (Å²) in [6.07, 6.45) is 0. The van der Waals surface area contributed by atoms with Gasteiger partial charge in [-0.05, 0) is 24.6 Å². The number of ether oxygens (including phenoxy) is 1. The van der Waals surface area contributed by atoms with Crippen molar-refractivity contribution in [2.75, 3.05) is 13.2 Å². The lowest BCUT2D eigenvalue weighted by Gasteiger charge is -2.14. The lowest BCUT2D eigenvalue weighted by molar-refractivity contribution is -0.144. The van der Waals surface area contributed by atoms with Crippen molar-refractivity contribution < 1.29 is 9.53 Å². The molecule has 0 aliphatic rings. The highest BCUT2D eigenvalue weighted by Crippen LogP contribution is 2.26. The normalized spacial score (nSPS) is 12.2. The Labute approximate surface area is 104 Å². The van der Waals surface area contributed by atoms with Gasteiger partial charge in [0.2, 0.25) is 0 Å². The predicted molar refractivity (Wildman–Crippen MR) is 64.9 cm³/mol. The minimum atomic E-state index is -0.491. The van der Waals surface area contributed by atoms with E-state index in [1.807, 2.05) is 0 Å². The number of nitrogens with two attached hydrogens (primary N) is 1. The van der Waals surface area contributed by atoms with Crippen molar-refractivity contribution in [3.05, 3.63) is 33.8 Å². The molecule has 0 saturated carbocycles. The van der Waals surface area contributed by atoms with Crippen LogP contribution in [-0.2, 0) is 9.53 Å². The Morgan fingerprint density at radius 3 is 2.62 bits per heavy atom. The Morgan fingerprint density at radius 2 is 2.12 bits per heavy atom. The molecule has 2 N–H and O–H groups in total. The Hall–Kier alpha value is -0.770. The number of rotatable bonds is 4. The largest absolute Gasteiger partial charge is 0.465 e. The lowest BCUT2D eigenvalue weighted by Crippen LogP contribution is -2.23. The highest BCUT2D eigenvalue weighted by Gasteiger charge is 2.20. The van der Waals surface area contributed by atoms with E-state index >= 15 is 0 Å². The van der Waals surface area contributed by atoms with E-state index in [1.165, 1.54) is 0 Å². The molecule has 0 saturated heterocycles. The fraction of sp³-hybridized carbons (Fsp3) is 0.364. The van der Waals surface area contributed by atoms with Gasteiger partial charge in [0.1, 0.15) is 0 Å². The maximum absolute atomic E-state index is 11.6. The Balaban J connectivity index is 2.95. The summed E-state index contributed by atoms with van der Waals surface area (Å²) in [7, 11) is 0. The van der Waals surface area contributed by atoms with Gasteiger partial charge in [-0.25, -0.2) is 0 Å². The maximum atomic E-state index is 11.6. The second-order valence-corrected chi connectivity index (χ2v) is 4.03. The Morgan fingerprint density at radius 1 is 1.44 bits per heavy atom. The molecule has 88 valence electrons. The van der Waals surface area contributed by atoms with Gasteiger partial charge in [-0.2, -0.15) is 0 Å². The van der Waals surface area contributed by atoms with E-state index in [0.29, 0.717) is 16.7 Å². The van der Waals surface area contributed by atoms with Crippen molar-refractivity contribution in [2.45, 2.75) is 12.8 Å². The van der Waals surface area contributed by atoms with E-state index in [1.54, 1.807) is 25.1 Å². The van der Waals surface area contributed by atoms with Gasteiger partial charge in [0, 0.05) is 6.54 Å². The van der Waals surface area contributed by atoms with Crippen LogP contribution in [0.15, 0.2) is 18.2 Å². The van der Waals surface area contributed by atoms with Gasteiger partial charge >= 0.3 is 5.97 Å². The molecule has 0 heterocycles. The molecule has 1 aromatic carbocycles. The monoisotopic (exact) mass is 261 g/mol. The first-order valence-corrected chi connectivity index (χ1v) is 5.67. The summed E-state index contributed by atoms with van der Waals surface area (Å²) >= 11 is 11.7. The molecule has 1 aromatic rings. The van der Waals surface area contributed by atoms with Crippen LogP contribution in [-0.4, -0.2) is 19.1 Å². The van der Waals surface area contributed by atoms with Crippen LogP contribution < -0.4 is 5.73 Å². The Kier molecular flexibility index (Phi) is 5.06. The van der Waals surface area contributed by atoms with Crippen molar-refractivity contribution in [1.82, 2.24) is 0 Å². The molecule has 3 nitrogen and oxygen atoms in total. The SMILES string of the molecule is CCOC(=O)[C@@H](CN)c1ccc(Cl)c(Cl)c1. The summed E-state index contributed by atoms with van der Waals surface area (Å²) in [5.41, 5.74) is 6.27. The molecule has 0 aliphatic carbocycles. The average Bonchev–Trinajstić information content (AvgIpc) is 2.25. The number of esters is 1. The highest BCUT2D eigenvalue weighted by molar-refractivity contribution is 6.42. The zero-order chi connectivity index (χ0) is 12.1. The molecular weight excluding hydrogens is 249 g/mol. The minimum Gasteiger partial charge on any atom is -0.465 e. The topological polar surface area (TPSA) is 52.3 Å². The smallest absolute Gasteiger partial charge is 0.314 e. The standard InChI is InChI=1S/C11H13Cl2NO2/c1-2-16-11(15)8(6-14)7-3-4-9(12)10(13)5-7/h3-5,8H,2,6,14H2,1H3/t8-/m0/s1. The third-order valence-corrected chi connectivity index (χ3v) is 2.89. The number of carbonyl (C=O) groups excluding carboxylic acids is 1. The molecule has 5 heteroatoms. The number of benzene rings is 1. The van der Waals surface area contributed by atoms with Crippen molar-refractivity contribution in [1.29, 1.82) is 0 Å². The van der Waals surface area contributed by atoms with E-state index < -0.39 is 5.92 Å². The van der Waals surface area contributed by atoms with E-state index in [-0.39, 0.29) is 12.5 Å². The maximum Gasteiger partial charge on any atom is 0.314 e. The van der Waals surface area contributed by atoms with Crippen molar-refractivity contribution in [2.24, 2.45) is 5.73 Å². The van der Waals surface area contributed by atoms with Crippen LogP contribution in [0.5, 0.6) is 0 Å². The molecule has 0 aliphatic heterocycles. The van der Waals surface area contributed by atoms with Gasteiger partial charge in [-0.15, -0.1) is 0 Å². The van der Waals surface area contributed by atoms with Crippen molar-refractivity contribution >= 4 is 29.2 Å². The van der Waals surface area contributed by atoms with Gasteiger partial charge in [0.25, 0.3) is 0 Å². The van der Waals surface area contributed by atoms with E-state index in [2.05, 4.69) is 0 Å². The summed E-state index contributed by atoms with van der Waals surface area (Å²) < 4.78 is 4.92. The molecule has 0 radical (unpaired) electrons. The van der Waals surface area contributed by atoms with Crippen LogP contribution in [0.25, 0.3) is 0 Å². The zero-order valence-electron chi connectivity index (χ0n) is 8.87. The molecule has 0 amide bonds. The summed E-state index contributed by atoms with van der Waals surface area (Å²) in [4.78, 5) is 11.6. The lowest BCUT2D eigenvalue weighted by atomic mass is 9.99. The summed E-state index contributed by atoms with van der Waals surface area (Å²) in [6.45, 7) is 2.26. The van der Waals surface area contributed by atoms with Crippen molar-refractivity contribution in [3.8, 4) is 0 Å². The molecule has 0 spiro atoms. The molecule has 1 rings (SSSR count). The number of hydrogen-bond acceptors (Lipinski definition) is 3. The first-order chi connectivity index (χ1) is 7.60. The Bertz CT molecular complexity index is 382. The summed E-state index contributed by atoms with van der Waals surface area (Å²) in [6, 6.07) is 5.00. The third kappa shape index (κ3) is 3.11. The second kappa shape index (κ2) is 6.09. The van der Waals surface area contributed by atoms with Crippen LogP contribution >= 0.6 is 23.2 Å². The van der Waals surface area contributed by atoms with Crippen LogP contribution in [0.1, 0.15) is 18.4 Å². The number of carbonyl (C=O) groups is 1. The fourth-order valence-corrected chi connectivity index (χ4v) is 1.65. The highest BCUT2D eigenvalue weighted by atomic mass is 35.5. The van der Waals surface area contributed by atoms with Gasteiger partial charge in [-0.3, -0.25) is 4.79 Å². The molecule has 0 aromatic heterocycles. The van der Waals surface area contributed by atoms with Gasteiger partial charge in [0.05, 0.1) is 22.6 Å². The molecule has 16 heavy (non-hydrogen) atoms. The van der Waals surface area contributed by atoms with Crippen LogP contribution in [0, 0.1) is 0 Å². The number of hydrogen-bond donors (Lipinski definition) is 1. The second-order valence-electron chi connectivity index (χ2n) is 3.21.